The van der Waals surface area contributed by atoms with Crippen molar-refractivity contribution in [2.24, 2.45) is 5.73 Å². The van der Waals surface area contributed by atoms with E-state index in [1.165, 1.54) is 17.0 Å². The van der Waals surface area contributed by atoms with Gasteiger partial charge in [0, 0.05) is 12.4 Å². The zero-order chi connectivity index (χ0) is 8.27. The third-order valence-corrected chi connectivity index (χ3v) is 1.13. The Bertz CT molecular complexity index is 318. The lowest BCUT2D eigenvalue weighted by Crippen LogP contribution is -2.27. The van der Waals surface area contributed by atoms with Crippen molar-refractivity contribution in [1.29, 1.82) is 0 Å². The van der Waals surface area contributed by atoms with Crippen molar-refractivity contribution < 1.29 is 4.79 Å². The molecule has 0 aliphatic rings. The Morgan fingerprint density at radius 1 is 1.73 bits per heavy atom. The number of carbonyl (C=O) groups is 1. The van der Waals surface area contributed by atoms with E-state index >= 15 is 0 Å². The lowest BCUT2D eigenvalue weighted by atomic mass is 10.5. The van der Waals surface area contributed by atoms with Crippen LogP contribution in [0.5, 0.6) is 0 Å². The minimum Gasteiger partial charge on any atom is -0.368 e. The van der Waals surface area contributed by atoms with Gasteiger partial charge in [-0.1, -0.05) is 0 Å². The standard InChI is InChI=1S/C6H7N3O2/c7-5(10)4-9-2-1-8-3-6(9)11/h1-3H,4H2,(H2,7,10). The maximum absolute atomic E-state index is 10.8. The fraction of sp³-hybridized carbons (Fsp3) is 0.167. The summed E-state index contributed by atoms with van der Waals surface area (Å²) >= 11 is 0. The smallest absolute Gasteiger partial charge is 0.269 e. The number of carbonyl (C=O) groups excluding carboxylic acids is 1. The molecule has 0 saturated heterocycles. The molecule has 0 atom stereocenters. The van der Waals surface area contributed by atoms with Crippen LogP contribution in [0, 0.1) is 0 Å². The molecule has 11 heavy (non-hydrogen) atoms. The SMILES string of the molecule is NC(=O)Cn1ccncc1=O. The second kappa shape index (κ2) is 2.96. The first-order chi connectivity index (χ1) is 5.20. The minimum atomic E-state index is -0.543. The van der Waals surface area contributed by atoms with Crippen molar-refractivity contribution >= 4 is 5.91 Å². The largest absolute Gasteiger partial charge is 0.368 e. The Hall–Kier alpha value is -1.65. The highest BCUT2D eigenvalue weighted by Gasteiger charge is 1.96. The van der Waals surface area contributed by atoms with Crippen molar-refractivity contribution in [2.75, 3.05) is 0 Å². The highest BCUT2D eigenvalue weighted by Crippen LogP contribution is 1.76. The van der Waals surface area contributed by atoms with Gasteiger partial charge in [-0.3, -0.25) is 14.6 Å². The molecule has 0 aliphatic carbocycles. The highest BCUT2D eigenvalue weighted by molar-refractivity contribution is 5.73. The summed E-state index contributed by atoms with van der Waals surface area (Å²) in [4.78, 5) is 24.8. The van der Waals surface area contributed by atoms with E-state index in [1.807, 2.05) is 0 Å². The van der Waals surface area contributed by atoms with Crippen LogP contribution in [0.25, 0.3) is 0 Å². The Balaban J connectivity index is 2.95. The summed E-state index contributed by atoms with van der Waals surface area (Å²) in [7, 11) is 0. The van der Waals surface area contributed by atoms with Gasteiger partial charge in [-0.2, -0.15) is 0 Å². The van der Waals surface area contributed by atoms with Gasteiger partial charge in [0.1, 0.15) is 6.54 Å². The topological polar surface area (TPSA) is 78.0 Å². The van der Waals surface area contributed by atoms with Crippen molar-refractivity contribution in [3.8, 4) is 0 Å². The van der Waals surface area contributed by atoms with Crippen LogP contribution >= 0.6 is 0 Å². The summed E-state index contributed by atoms with van der Waals surface area (Å²) < 4.78 is 1.19. The van der Waals surface area contributed by atoms with Crippen LogP contribution in [0.2, 0.25) is 0 Å². The average Bonchev–Trinajstić information content (AvgIpc) is 1.93. The lowest BCUT2D eigenvalue weighted by molar-refractivity contribution is -0.118. The van der Waals surface area contributed by atoms with Gasteiger partial charge in [-0.05, 0) is 0 Å². The van der Waals surface area contributed by atoms with Gasteiger partial charge in [-0.25, -0.2) is 0 Å². The fourth-order valence-corrected chi connectivity index (χ4v) is 0.672. The van der Waals surface area contributed by atoms with E-state index in [4.69, 9.17) is 5.73 Å². The molecule has 0 radical (unpaired) electrons. The number of amides is 1. The molecular weight excluding hydrogens is 146 g/mol. The fourth-order valence-electron chi connectivity index (χ4n) is 0.672. The van der Waals surface area contributed by atoms with Gasteiger partial charge in [0.15, 0.2) is 0 Å². The van der Waals surface area contributed by atoms with Crippen molar-refractivity contribution in [3.63, 3.8) is 0 Å². The summed E-state index contributed by atoms with van der Waals surface area (Å²) in [6, 6.07) is 0. The predicted molar refractivity (Wildman–Crippen MR) is 37.7 cm³/mol. The zero-order valence-corrected chi connectivity index (χ0v) is 5.73. The molecule has 1 amide bonds. The first-order valence-electron chi connectivity index (χ1n) is 2.99. The minimum absolute atomic E-state index is 0.0959. The normalized spacial score (nSPS) is 9.45. The van der Waals surface area contributed by atoms with Crippen LogP contribution in [0.4, 0.5) is 0 Å². The molecule has 0 saturated carbocycles. The molecule has 0 spiro atoms. The molecule has 58 valence electrons. The summed E-state index contributed by atoms with van der Waals surface area (Å²) in [5.74, 6) is -0.543. The van der Waals surface area contributed by atoms with E-state index in [-0.39, 0.29) is 12.1 Å². The second-order valence-corrected chi connectivity index (χ2v) is 2.01. The van der Waals surface area contributed by atoms with Crippen LogP contribution in [-0.4, -0.2) is 15.5 Å². The van der Waals surface area contributed by atoms with Gasteiger partial charge in [0.2, 0.25) is 5.91 Å². The molecule has 0 unspecified atom stereocenters. The molecule has 1 aromatic rings. The first kappa shape index (κ1) is 7.46. The van der Waals surface area contributed by atoms with Crippen LogP contribution in [0.15, 0.2) is 23.4 Å². The molecule has 5 nitrogen and oxygen atoms in total. The van der Waals surface area contributed by atoms with Crippen LogP contribution in [0.3, 0.4) is 0 Å². The van der Waals surface area contributed by atoms with E-state index < -0.39 is 5.91 Å². The molecule has 0 bridgehead atoms. The number of hydrogen-bond donors (Lipinski definition) is 1. The monoisotopic (exact) mass is 153 g/mol. The van der Waals surface area contributed by atoms with E-state index in [2.05, 4.69) is 4.98 Å². The van der Waals surface area contributed by atoms with Crippen LogP contribution in [-0.2, 0) is 11.3 Å². The number of aromatic nitrogens is 2. The van der Waals surface area contributed by atoms with Crippen molar-refractivity contribution in [1.82, 2.24) is 9.55 Å². The van der Waals surface area contributed by atoms with Gasteiger partial charge >= 0.3 is 0 Å². The third kappa shape index (κ3) is 1.89. The maximum atomic E-state index is 10.8. The van der Waals surface area contributed by atoms with E-state index in [1.54, 1.807) is 0 Å². The molecule has 5 heteroatoms. The molecule has 1 rings (SSSR count). The summed E-state index contributed by atoms with van der Waals surface area (Å²) in [5.41, 5.74) is 4.55. The van der Waals surface area contributed by atoms with Gasteiger partial charge < -0.3 is 10.3 Å². The molecule has 1 aromatic heterocycles. The highest BCUT2D eigenvalue weighted by atomic mass is 16.2. The van der Waals surface area contributed by atoms with Crippen LogP contribution < -0.4 is 11.3 Å². The summed E-state index contributed by atoms with van der Waals surface area (Å²) in [6.45, 7) is -0.0959. The number of rotatable bonds is 2. The zero-order valence-electron chi connectivity index (χ0n) is 5.73. The summed E-state index contributed by atoms with van der Waals surface area (Å²) in [6.07, 6.45) is 3.96. The van der Waals surface area contributed by atoms with Crippen molar-refractivity contribution in [3.05, 3.63) is 28.9 Å². The van der Waals surface area contributed by atoms with E-state index in [9.17, 15) is 9.59 Å². The Morgan fingerprint density at radius 3 is 3.00 bits per heavy atom. The van der Waals surface area contributed by atoms with E-state index in [0.717, 1.165) is 6.20 Å². The Labute approximate surface area is 62.5 Å². The number of nitrogens with two attached hydrogens (primary N) is 1. The Morgan fingerprint density at radius 2 is 2.45 bits per heavy atom. The number of nitrogens with zero attached hydrogens (tertiary/aromatic N) is 2. The third-order valence-electron chi connectivity index (χ3n) is 1.13. The number of hydrogen-bond acceptors (Lipinski definition) is 3. The molecule has 0 fully saturated rings. The predicted octanol–water partition coefficient (Wildman–Crippen LogP) is -1.27. The molecule has 0 aliphatic heterocycles. The van der Waals surface area contributed by atoms with Gasteiger partial charge in [0.05, 0.1) is 6.20 Å². The van der Waals surface area contributed by atoms with Crippen molar-refractivity contribution in [2.45, 2.75) is 6.54 Å². The quantitative estimate of drug-likeness (QED) is 0.575. The second-order valence-electron chi connectivity index (χ2n) is 2.01. The molecular formula is C6H7N3O2. The van der Waals surface area contributed by atoms with Gasteiger partial charge in [-0.15, -0.1) is 0 Å². The van der Waals surface area contributed by atoms with Crippen LogP contribution in [0.1, 0.15) is 0 Å². The maximum Gasteiger partial charge on any atom is 0.269 e. The number of primary amides is 1. The molecule has 2 N–H and O–H groups in total. The summed E-state index contributed by atoms with van der Waals surface area (Å²) in [5, 5.41) is 0. The molecule has 1 heterocycles. The molecule has 0 aromatic carbocycles. The average molecular weight is 153 g/mol. The first-order valence-corrected chi connectivity index (χ1v) is 2.99. The lowest BCUT2D eigenvalue weighted by Gasteiger charge is -1.98. The Kier molecular flexibility index (Phi) is 2.00. The van der Waals surface area contributed by atoms with Gasteiger partial charge in [0.25, 0.3) is 5.56 Å². The van der Waals surface area contributed by atoms with E-state index in [0.29, 0.717) is 0 Å².